The average molecular weight is 140 g/mol. The van der Waals surface area contributed by atoms with Crippen molar-refractivity contribution in [3.05, 3.63) is 0 Å². The van der Waals surface area contributed by atoms with Gasteiger partial charge in [0.15, 0.2) is 0 Å². The molecule has 2 rings (SSSR count). The maximum atomic E-state index is 2.51. The van der Waals surface area contributed by atoms with E-state index in [4.69, 9.17) is 0 Å². The van der Waals surface area contributed by atoms with Gasteiger partial charge in [-0.3, -0.25) is 0 Å². The van der Waals surface area contributed by atoms with Crippen molar-refractivity contribution in [2.24, 2.45) is 0 Å². The van der Waals surface area contributed by atoms with Crippen LogP contribution in [-0.4, -0.2) is 49.1 Å². The van der Waals surface area contributed by atoms with Crippen molar-refractivity contribution in [1.82, 2.24) is 9.80 Å². The summed E-state index contributed by atoms with van der Waals surface area (Å²) in [5.74, 6) is 0. The van der Waals surface area contributed by atoms with Crippen molar-refractivity contribution in [3.8, 4) is 0 Å². The summed E-state index contributed by atoms with van der Waals surface area (Å²) < 4.78 is 0. The van der Waals surface area contributed by atoms with Gasteiger partial charge in [-0.1, -0.05) is 0 Å². The minimum Gasteiger partial charge on any atom is -0.302 e. The normalized spacial score (nSPS) is 42.6. The van der Waals surface area contributed by atoms with Crippen molar-refractivity contribution in [2.45, 2.75) is 24.9 Å². The van der Waals surface area contributed by atoms with Gasteiger partial charge in [0.25, 0.3) is 0 Å². The van der Waals surface area contributed by atoms with Crippen LogP contribution in [0.3, 0.4) is 0 Å². The number of hydrogen-bond donors (Lipinski definition) is 0. The van der Waals surface area contributed by atoms with Crippen LogP contribution in [-0.2, 0) is 0 Å². The first-order valence-electron chi connectivity index (χ1n) is 4.19. The first kappa shape index (κ1) is 6.62. The summed E-state index contributed by atoms with van der Waals surface area (Å²) >= 11 is 0. The van der Waals surface area contributed by atoms with Crippen LogP contribution in [0.2, 0.25) is 0 Å². The molecule has 2 saturated heterocycles. The fourth-order valence-electron chi connectivity index (χ4n) is 2.42. The summed E-state index contributed by atoms with van der Waals surface area (Å²) in [7, 11) is 4.51. The van der Waals surface area contributed by atoms with Crippen molar-refractivity contribution < 1.29 is 0 Å². The Labute approximate surface area is 62.8 Å². The molecule has 2 aliphatic rings. The molecule has 0 radical (unpaired) electrons. The Kier molecular flexibility index (Phi) is 1.46. The molecule has 0 N–H and O–H groups in total. The lowest BCUT2D eigenvalue weighted by Crippen LogP contribution is -2.32. The van der Waals surface area contributed by atoms with E-state index in [9.17, 15) is 0 Å². The van der Waals surface area contributed by atoms with E-state index in [2.05, 4.69) is 23.9 Å². The summed E-state index contributed by atoms with van der Waals surface area (Å²) in [4.78, 5) is 5.02. The quantitative estimate of drug-likeness (QED) is 0.480. The van der Waals surface area contributed by atoms with Gasteiger partial charge in [0.05, 0.1) is 0 Å². The lowest BCUT2D eigenvalue weighted by atomic mass is 10.1. The second-order valence-electron chi connectivity index (χ2n) is 3.67. The minimum atomic E-state index is 0.880. The third-order valence-corrected chi connectivity index (χ3v) is 3.13. The average Bonchev–Trinajstić information content (AvgIpc) is 2.41. The van der Waals surface area contributed by atoms with Gasteiger partial charge in [-0.05, 0) is 40.0 Å². The Balaban J connectivity index is 2.09. The molecule has 58 valence electrons. The van der Waals surface area contributed by atoms with Crippen LogP contribution in [0.5, 0.6) is 0 Å². The van der Waals surface area contributed by atoms with Crippen LogP contribution in [0, 0.1) is 0 Å². The molecule has 0 saturated carbocycles. The maximum absolute atomic E-state index is 2.51. The maximum Gasteiger partial charge on any atom is 0.0261 e. The lowest BCUT2D eigenvalue weighted by molar-refractivity contribution is 0.276. The molecule has 0 amide bonds. The molecule has 2 fully saturated rings. The van der Waals surface area contributed by atoms with E-state index in [1.165, 1.54) is 25.9 Å². The van der Waals surface area contributed by atoms with E-state index in [1.54, 1.807) is 0 Å². The number of rotatable bonds is 0. The van der Waals surface area contributed by atoms with E-state index in [0.29, 0.717) is 0 Å². The SMILES string of the molecule is CN1CCC2C1CCN2C. The standard InChI is InChI=1S/C8H16N2/c1-9-5-3-8-7(9)4-6-10(8)2/h7-8H,3-6H2,1-2H3. The highest BCUT2D eigenvalue weighted by Crippen LogP contribution is 2.28. The van der Waals surface area contributed by atoms with Crippen LogP contribution in [0.1, 0.15) is 12.8 Å². The number of likely N-dealkylation sites (N-methyl/N-ethyl adjacent to an activating group) is 2. The molecule has 2 atom stereocenters. The number of likely N-dealkylation sites (tertiary alicyclic amines) is 2. The van der Waals surface area contributed by atoms with Crippen LogP contribution in [0.15, 0.2) is 0 Å². The fraction of sp³-hybridized carbons (Fsp3) is 1.00. The molecule has 2 unspecified atom stereocenters. The highest BCUT2D eigenvalue weighted by atomic mass is 15.3. The Morgan fingerprint density at radius 1 is 0.900 bits per heavy atom. The molecule has 0 aromatic carbocycles. The summed E-state index contributed by atoms with van der Waals surface area (Å²) in [6.07, 6.45) is 2.77. The van der Waals surface area contributed by atoms with Crippen LogP contribution in [0.25, 0.3) is 0 Å². The van der Waals surface area contributed by atoms with Crippen molar-refractivity contribution in [3.63, 3.8) is 0 Å². The van der Waals surface area contributed by atoms with Gasteiger partial charge in [0.2, 0.25) is 0 Å². The Bertz CT molecular complexity index is 119. The molecule has 0 spiro atoms. The van der Waals surface area contributed by atoms with E-state index >= 15 is 0 Å². The largest absolute Gasteiger partial charge is 0.302 e. The zero-order valence-electron chi connectivity index (χ0n) is 6.88. The van der Waals surface area contributed by atoms with E-state index < -0.39 is 0 Å². The molecule has 2 heterocycles. The highest BCUT2D eigenvalue weighted by molar-refractivity contribution is 4.96. The molecule has 0 aromatic heterocycles. The van der Waals surface area contributed by atoms with Gasteiger partial charge >= 0.3 is 0 Å². The third-order valence-electron chi connectivity index (χ3n) is 3.13. The third kappa shape index (κ3) is 0.789. The molecule has 2 nitrogen and oxygen atoms in total. The predicted octanol–water partition coefficient (Wildman–Crippen LogP) is 0.395. The molecule has 2 aliphatic heterocycles. The van der Waals surface area contributed by atoms with Gasteiger partial charge in [0.1, 0.15) is 0 Å². The second-order valence-corrected chi connectivity index (χ2v) is 3.67. The van der Waals surface area contributed by atoms with E-state index in [0.717, 1.165) is 12.1 Å². The van der Waals surface area contributed by atoms with Crippen molar-refractivity contribution in [2.75, 3.05) is 27.2 Å². The van der Waals surface area contributed by atoms with Crippen LogP contribution < -0.4 is 0 Å². The molecule has 0 aromatic rings. The van der Waals surface area contributed by atoms with Crippen molar-refractivity contribution in [1.29, 1.82) is 0 Å². The van der Waals surface area contributed by atoms with Gasteiger partial charge in [-0.15, -0.1) is 0 Å². The molecular weight excluding hydrogens is 124 g/mol. The summed E-state index contributed by atoms with van der Waals surface area (Å²) in [5, 5.41) is 0. The first-order valence-corrected chi connectivity index (χ1v) is 4.19. The van der Waals surface area contributed by atoms with Crippen LogP contribution >= 0.6 is 0 Å². The lowest BCUT2D eigenvalue weighted by Gasteiger charge is -2.19. The van der Waals surface area contributed by atoms with Gasteiger partial charge in [-0.2, -0.15) is 0 Å². The van der Waals surface area contributed by atoms with Gasteiger partial charge < -0.3 is 9.80 Å². The minimum absolute atomic E-state index is 0.880. The fourth-order valence-corrected chi connectivity index (χ4v) is 2.42. The molecule has 0 aliphatic carbocycles. The van der Waals surface area contributed by atoms with Crippen LogP contribution in [0.4, 0.5) is 0 Å². The number of hydrogen-bond acceptors (Lipinski definition) is 2. The molecule has 2 heteroatoms. The highest BCUT2D eigenvalue weighted by Gasteiger charge is 2.38. The predicted molar refractivity (Wildman–Crippen MR) is 42.1 cm³/mol. The first-order chi connectivity index (χ1) is 4.79. The number of fused-ring (bicyclic) bond motifs is 1. The molecule has 10 heavy (non-hydrogen) atoms. The topological polar surface area (TPSA) is 6.48 Å². The summed E-state index contributed by atoms with van der Waals surface area (Å²) in [6.45, 7) is 2.61. The van der Waals surface area contributed by atoms with Gasteiger partial charge in [-0.25, -0.2) is 0 Å². The van der Waals surface area contributed by atoms with E-state index in [-0.39, 0.29) is 0 Å². The summed E-state index contributed by atoms with van der Waals surface area (Å²) in [5.41, 5.74) is 0. The Morgan fingerprint density at radius 3 is 1.70 bits per heavy atom. The smallest absolute Gasteiger partial charge is 0.0261 e. The zero-order chi connectivity index (χ0) is 7.14. The Morgan fingerprint density at radius 2 is 1.30 bits per heavy atom. The Hall–Kier alpha value is -0.0800. The molecular formula is C8H16N2. The molecule has 0 bridgehead atoms. The summed E-state index contributed by atoms with van der Waals surface area (Å²) in [6, 6.07) is 1.76. The van der Waals surface area contributed by atoms with Crippen molar-refractivity contribution >= 4 is 0 Å². The van der Waals surface area contributed by atoms with Gasteiger partial charge in [0, 0.05) is 12.1 Å². The number of nitrogens with zero attached hydrogens (tertiary/aromatic N) is 2. The zero-order valence-corrected chi connectivity index (χ0v) is 6.88. The van der Waals surface area contributed by atoms with E-state index in [1.807, 2.05) is 0 Å². The monoisotopic (exact) mass is 140 g/mol. The second kappa shape index (κ2) is 2.21.